The Morgan fingerprint density at radius 2 is 2.24 bits per heavy atom. The summed E-state index contributed by atoms with van der Waals surface area (Å²) in [6.45, 7) is 1.05. The smallest absolute Gasteiger partial charge is 0.254 e. The van der Waals surface area contributed by atoms with Crippen LogP contribution in [0, 0.1) is 23.0 Å². The monoisotopic (exact) mass is 397 g/mol. The molecule has 1 aliphatic heterocycles. The number of rotatable bonds is 4. The lowest BCUT2D eigenvalue weighted by Crippen LogP contribution is -2.52. The van der Waals surface area contributed by atoms with Crippen LogP contribution in [0.15, 0.2) is 30.7 Å². The predicted molar refractivity (Wildman–Crippen MR) is 101 cm³/mol. The molecule has 3 heterocycles. The van der Waals surface area contributed by atoms with Crippen LogP contribution in [-0.2, 0) is 0 Å². The third kappa shape index (κ3) is 3.48. The van der Waals surface area contributed by atoms with Crippen molar-refractivity contribution >= 4 is 22.8 Å². The summed E-state index contributed by atoms with van der Waals surface area (Å²) in [5.74, 6) is -1.75. The highest BCUT2D eigenvalue weighted by molar-refractivity contribution is 5.94. The van der Waals surface area contributed by atoms with E-state index in [-0.39, 0.29) is 12.1 Å². The fourth-order valence-electron chi connectivity index (χ4n) is 3.52. The van der Waals surface area contributed by atoms with Gasteiger partial charge in [-0.25, -0.2) is 18.7 Å². The van der Waals surface area contributed by atoms with Gasteiger partial charge < -0.3 is 20.9 Å². The lowest BCUT2D eigenvalue weighted by atomic mass is 10.00. The minimum atomic E-state index is -0.929. The maximum Gasteiger partial charge on any atom is 0.254 e. The van der Waals surface area contributed by atoms with Crippen LogP contribution in [-0.4, -0.2) is 46.0 Å². The number of carbonyl (C=O) groups is 1. The van der Waals surface area contributed by atoms with Crippen LogP contribution in [0.25, 0.3) is 11.0 Å². The number of hydrogen-bond acceptors (Lipinski definition) is 6. The molecule has 1 aliphatic rings. The standard InChI is InChI=1S/C19H17F2N7O/c20-12-1-2-13(14(21)5-12)18(29)25-8-19(23)3-4-28(9-19)17-15-11(6-22)7-24-16(15)26-10-27-17/h1-2,5,7,10H,3-4,8-9,23H2,(H,25,29)(H,24,26,27)/t19-/m0/s1. The Morgan fingerprint density at radius 3 is 3.00 bits per heavy atom. The Morgan fingerprint density at radius 1 is 1.41 bits per heavy atom. The van der Waals surface area contributed by atoms with Crippen LogP contribution in [0.4, 0.5) is 14.6 Å². The first-order valence-electron chi connectivity index (χ1n) is 8.89. The summed E-state index contributed by atoms with van der Waals surface area (Å²) >= 11 is 0. The molecule has 1 fully saturated rings. The highest BCUT2D eigenvalue weighted by Gasteiger charge is 2.36. The lowest BCUT2D eigenvalue weighted by molar-refractivity contribution is 0.0941. The van der Waals surface area contributed by atoms with E-state index in [0.717, 1.165) is 12.1 Å². The van der Waals surface area contributed by atoms with Crippen molar-refractivity contribution in [2.75, 3.05) is 24.5 Å². The zero-order valence-corrected chi connectivity index (χ0v) is 15.2. The largest absolute Gasteiger partial charge is 0.354 e. The van der Waals surface area contributed by atoms with Crippen LogP contribution in [0.3, 0.4) is 0 Å². The van der Waals surface area contributed by atoms with Crippen molar-refractivity contribution in [1.82, 2.24) is 20.3 Å². The number of hydrogen-bond donors (Lipinski definition) is 3. The Balaban J connectivity index is 1.49. The molecule has 1 amide bonds. The van der Waals surface area contributed by atoms with Gasteiger partial charge in [0, 0.05) is 31.9 Å². The van der Waals surface area contributed by atoms with Gasteiger partial charge in [-0.1, -0.05) is 0 Å². The summed E-state index contributed by atoms with van der Waals surface area (Å²) in [4.78, 5) is 25.6. The summed E-state index contributed by atoms with van der Waals surface area (Å²) in [6.07, 6.45) is 3.54. The van der Waals surface area contributed by atoms with E-state index in [9.17, 15) is 18.8 Å². The number of anilines is 1. The number of nitrogens with one attached hydrogen (secondary N) is 2. The molecule has 8 nitrogen and oxygen atoms in total. The molecule has 0 saturated carbocycles. The van der Waals surface area contributed by atoms with E-state index < -0.39 is 23.1 Å². The van der Waals surface area contributed by atoms with Crippen molar-refractivity contribution in [1.29, 1.82) is 5.26 Å². The van der Waals surface area contributed by atoms with Gasteiger partial charge in [0.25, 0.3) is 5.91 Å². The summed E-state index contributed by atoms with van der Waals surface area (Å²) in [5, 5.41) is 12.6. The molecular weight excluding hydrogens is 380 g/mol. The molecule has 29 heavy (non-hydrogen) atoms. The summed E-state index contributed by atoms with van der Waals surface area (Å²) in [5.41, 5.74) is 6.42. The van der Waals surface area contributed by atoms with Gasteiger partial charge in [0.15, 0.2) is 0 Å². The highest BCUT2D eigenvalue weighted by atomic mass is 19.1. The molecule has 2 aromatic heterocycles. The number of nitrogens with zero attached hydrogens (tertiary/aromatic N) is 4. The number of benzene rings is 1. The number of H-pyrrole nitrogens is 1. The Hall–Kier alpha value is -3.58. The fraction of sp³-hybridized carbons (Fsp3) is 0.263. The second kappa shape index (κ2) is 7.10. The number of aromatic amines is 1. The maximum absolute atomic E-state index is 13.8. The van der Waals surface area contributed by atoms with Crippen LogP contribution >= 0.6 is 0 Å². The lowest BCUT2D eigenvalue weighted by Gasteiger charge is -2.25. The van der Waals surface area contributed by atoms with Gasteiger partial charge in [-0.2, -0.15) is 5.26 Å². The molecule has 0 bridgehead atoms. The topological polar surface area (TPSA) is 124 Å². The Kier molecular flexibility index (Phi) is 4.60. The van der Waals surface area contributed by atoms with Gasteiger partial charge in [0.2, 0.25) is 0 Å². The van der Waals surface area contributed by atoms with E-state index in [1.54, 1.807) is 6.20 Å². The first-order valence-corrected chi connectivity index (χ1v) is 8.89. The minimum Gasteiger partial charge on any atom is -0.354 e. The number of carbonyl (C=O) groups excluding carboxylic acids is 1. The van der Waals surface area contributed by atoms with Gasteiger partial charge in [0.1, 0.15) is 35.5 Å². The highest BCUT2D eigenvalue weighted by Crippen LogP contribution is 2.30. The Labute approximate surface area is 164 Å². The SMILES string of the molecule is N#Cc1c[nH]c2ncnc(N3CC[C@](N)(CNC(=O)c4ccc(F)cc4F)C3)c12. The molecule has 0 radical (unpaired) electrons. The van der Waals surface area contributed by atoms with Gasteiger partial charge in [-0.3, -0.25) is 4.79 Å². The van der Waals surface area contributed by atoms with Crippen molar-refractivity contribution in [3.8, 4) is 6.07 Å². The van der Waals surface area contributed by atoms with Crippen molar-refractivity contribution < 1.29 is 13.6 Å². The number of amides is 1. The van der Waals surface area contributed by atoms with E-state index in [4.69, 9.17) is 5.73 Å². The van der Waals surface area contributed by atoms with Crippen LogP contribution in [0.2, 0.25) is 0 Å². The van der Waals surface area contributed by atoms with Gasteiger partial charge in [-0.15, -0.1) is 0 Å². The molecule has 10 heteroatoms. The molecule has 4 rings (SSSR count). The number of aromatic nitrogens is 3. The van der Waals surface area contributed by atoms with Crippen molar-refractivity contribution in [3.05, 3.63) is 53.5 Å². The zero-order chi connectivity index (χ0) is 20.6. The zero-order valence-electron chi connectivity index (χ0n) is 15.2. The average molecular weight is 397 g/mol. The maximum atomic E-state index is 13.8. The van der Waals surface area contributed by atoms with Crippen molar-refractivity contribution in [2.24, 2.45) is 5.73 Å². The van der Waals surface area contributed by atoms with Gasteiger partial charge >= 0.3 is 0 Å². The molecule has 0 aliphatic carbocycles. The van der Waals surface area contributed by atoms with Gasteiger partial charge in [-0.05, 0) is 18.6 Å². The van der Waals surface area contributed by atoms with Crippen LogP contribution < -0.4 is 16.0 Å². The molecular formula is C19H17F2N7O. The van der Waals surface area contributed by atoms with Crippen LogP contribution in [0.1, 0.15) is 22.3 Å². The van der Waals surface area contributed by atoms with E-state index in [1.807, 2.05) is 4.90 Å². The average Bonchev–Trinajstić information content (AvgIpc) is 3.30. The van der Waals surface area contributed by atoms with E-state index in [1.165, 1.54) is 6.33 Å². The van der Waals surface area contributed by atoms with Crippen molar-refractivity contribution in [3.63, 3.8) is 0 Å². The fourth-order valence-corrected chi connectivity index (χ4v) is 3.52. The molecule has 1 saturated heterocycles. The molecule has 1 aromatic carbocycles. The molecule has 0 spiro atoms. The summed E-state index contributed by atoms with van der Waals surface area (Å²) < 4.78 is 26.8. The number of halogens is 2. The molecule has 0 unspecified atom stereocenters. The third-order valence-corrected chi connectivity index (χ3v) is 5.03. The van der Waals surface area contributed by atoms with Gasteiger partial charge in [0.05, 0.1) is 22.1 Å². The number of nitriles is 1. The second-order valence-corrected chi connectivity index (χ2v) is 7.08. The molecule has 1 atom stereocenters. The molecule has 148 valence electrons. The Bertz CT molecular complexity index is 1140. The first kappa shape index (κ1) is 18.8. The minimum absolute atomic E-state index is 0.103. The molecule has 3 aromatic rings. The molecule has 4 N–H and O–H groups in total. The first-order chi connectivity index (χ1) is 13.9. The number of nitrogens with two attached hydrogens (primary N) is 1. The normalized spacial score (nSPS) is 18.8. The van der Waals surface area contributed by atoms with E-state index in [2.05, 4.69) is 26.3 Å². The van der Waals surface area contributed by atoms with Crippen LogP contribution in [0.5, 0.6) is 0 Å². The predicted octanol–water partition coefficient (Wildman–Crippen LogP) is 1.45. The summed E-state index contributed by atoms with van der Waals surface area (Å²) in [7, 11) is 0. The third-order valence-electron chi connectivity index (χ3n) is 5.03. The number of fused-ring (bicyclic) bond motifs is 1. The second-order valence-electron chi connectivity index (χ2n) is 7.08. The van der Waals surface area contributed by atoms with Crippen molar-refractivity contribution in [2.45, 2.75) is 12.0 Å². The van der Waals surface area contributed by atoms with E-state index >= 15 is 0 Å². The summed E-state index contributed by atoms with van der Waals surface area (Å²) in [6, 6.07) is 4.89. The quantitative estimate of drug-likeness (QED) is 0.612. The van der Waals surface area contributed by atoms with E-state index in [0.29, 0.717) is 48.0 Å².